The molecule has 8 heteroatoms. The van der Waals surface area contributed by atoms with Crippen LogP contribution < -0.4 is 0 Å². The Morgan fingerprint density at radius 2 is 1.91 bits per heavy atom. The highest BCUT2D eigenvalue weighted by molar-refractivity contribution is 7.99. The summed E-state index contributed by atoms with van der Waals surface area (Å²) in [7, 11) is 0. The third-order valence-corrected chi connectivity index (χ3v) is 4.31. The Morgan fingerprint density at radius 3 is 2.61 bits per heavy atom. The lowest BCUT2D eigenvalue weighted by molar-refractivity contribution is -0.139. The van der Waals surface area contributed by atoms with E-state index >= 15 is 0 Å². The number of nitrogens with zero attached hydrogens (tertiary/aromatic N) is 1. The van der Waals surface area contributed by atoms with Crippen LogP contribution in [-0.4, -0.2) is 21.0 Å². The fourth-order valence-electron chi connectivity index (χ4n) is 2.15. The summed E-state index contributed by atoms with van der Waals surface area (Å²) in [6.07, 6.45) is -3.06. The Labute approximate surface area is 132 Å². The van der Waals surface area contributed by atoms with Gasteiger partial charge in [0.2, 0.25) is 0 Å². The maximum absolute atomic E-state index is 13.1. The van der Waals surface area contributed by atoms with Gasteiger partial charge in [-0.1, -0.05) is 23.9 Å². The first-order chi connectivity index (χ1) is 10.9. The number of halogens is 3. The van der Waals surface area contributed by atoms with Crippen LogP contribution >= 0.6 is 11.8 Å². The van der Waals surface area contributed by atoms with Gasteiger partial charge in [-0.3, -0.25) is 4.98 Å². The first kappa shape index (κ1) is 15.4. The van der Waals surface area contributed by atoms with Gasteiger partial charge in [0.1, 0.15) is 11.2 Å². The number of hydrogen-bond acceptors (Lipinski definition) is 3. The summed E-state index contributed by atoms with van der Waals surface area (Å²) in [4.78, 5) is 18.2. The minimum Gasteiger partial charge on any atom is -0.477 e. The van der Waals surface area contributed by atoms with E-state index in [0.717, 1.165) is 17.8 Å². The Morgan fingerprint density at radius 1 is 1.17 bits per heavy atom. The van der Waals surface area contributed by atoms with Crippen molar-refractivity contribution in [2.75, 3.05) is 0 Å². The van der Waals surface area contributed by atoms with Crippen LogP contribution in [0.2, 0.25) is 0 Å². The molecular formula is C15H9F3N2O2S. The number of pyridine rings is 1. The van der Waals surface area contributed by atoms with E-state index in [2.05, 4.69) is 9.97 Å². The fraction of sp³-hybridized carbons (Fsp3) is 0.0667. The van der Waals surface area contributed by atoms with Crippen molar-refractivity contribution in [3.05, 3.63) is 53.9 Å². The third kappa shape index (κ3) is 2.89. The quantitative estimate of drug-likeness (QED) is 0.741. The van der Waals surface area contributed by atoms with Gasteiger partial charge in [-0.2, -0.15) is 13.2 Å². The smallest absolute Gasteiger partial charge is 0.417 e. The lowest BCUT2D eigenvalue weighted by Gasteiger charge is -2.11. The zero-order valence-electron chi connectivity index (χ0n) is 11.4. The second-order valence-corrected chi connectivity index (χ2v) is 5.68. The minimum atomic E-state index is -4.52. The van der Waals surface area contributed by atoms with Crippen molar-refractivity contribution in [3.63, 3.8) is 0 Å². The van der Waals surface area contributed by atoms with Crippen LogP contribution in [0.15, 0.2) is 52.4 Å². The van der Waals surface area contributed by atoms with Crippen molar-refractivity contribution in [1.29, 1.82) is 0 Å². The van der Waals surface area contributed by atoms with Crippen LogP contribution in [0, 0.1) is 0 Å². The number of aromatic amines is 1. The number of alkyl halides is 3. The van der Waals surface area contributed by atoms with E-state index in [1.807, 2.05) is 0 Å². The summed E-state index contributed by atoms with van der Waals surface area (Å²) < 4.78 is 39.3. The lowest BCUT2D eigenvalue weighted by Crippen LogP contribution is -2.06. The molecule has 0 aliphatic carbocycles. The van der Waals surface area contributed by atoms with E-state index in [0.29, 0.717) is 11.0 Å². The number of carboxylic acid groups (broad SMARTS) is 1. The summed E-state index contributed by atoms with van der Waals surface area (Å²) in [6.45, 7) is 0. The van der Waals surface area contributed by atoms with Crippen LogP contribution in [0.5, 0.6) is 0 Å². The Hall–Kier alpha value is -2.48. The number of rotatable bonds is 3. The first-order valence-corrected chi connectivity index (χ1v) is 7.23. The molecule has 1 aromatic carbocycles. The lowest BCUT2D eigenvalue weighted by atomic mass is 10.2. The van der Waals surface area contributed by atoms with E-state index < -0.39 is 17.7 Å². The third-order valence-electron chi connectivity index (χ3n) is 3.13. The fourth-order valence-corrected chi connectivity index (χ4v) is 3.31. The number of carbonyl (C=O) groups is 1. The van der Waals surface area contributed by atoms with E-state index in [1.54, 1.807) is 12.1 Å². The predicted octanol–water partition coefficient (Wildman–Crippen LogP) is 4.43. The Balaban J connectivity index is 2.16. The van der Waals surface area contributed by atoms with Gasteiger partial charge in [-0.05, 0) is 24.3 Å². The number of aromatic carboxylic acids is 1. The second kappa shape index (κ2) is 5.62. The second-order valence-electron chi connectivity index (χ2n) is 4.63. The van der Waals surface area contributed by atoms with E-state index in [4.69, 9.17) is 0 Å². The van der Waals surface area contributed by atoms with Gasteiger partial charge in [-0.25, -0.2) is 4.79 Å². The molecule has 118 valence electrons. The number of benzene rings is 1. The number of carboxylic acids is 1. The zero-order valence-corrected chi connectivity index (χ0v) is 12.2. The molecule has 0 fully saturated rings. The maximum atomic E-state index is 13.1. The number of fused-ring (bicyclic) bond motifs is 1. The molecule has 2 heterocycles. The van der Waals surface area contributed by atoms with E-state index in [9.17, 15) is 23.1 Å². The average Bonchev–Trinajstić information content (AvgIpc) is 2.86. The predicted molar refractivity (Wildman–Crippen MR) is 78.6 cm³/mol. The van der Waals surface area contributed by atoms with Gasteiger partial charge >= 0.3 is 12.1 Å². The highest BCUT2D eigenvalue weighted by Crippen LogP contribution is 2.42. The van der Waals surface area contributed by atoms with Crippen molar-refractivity contribution >= 4 is 28.8 Å². The van der Waals surface area contributed by atoms with Gasteiger partial charge in [0.25, 0.3) is 0 Å². The molecule has 0 saturated heterocycles. The van der Waals surface area contributed by atoms with Crippen molar-refractivity contribution in [2.45, 2.75) is 16.0 Å². The molecule has 3 rings (SSSR count). The van der Waals surface area contributed by atoms with Gasteiger partial charge in [-0.15, -0.1) is 0 Å². The van der Waals surface area contributed by atoms with Crippen molar-refractivity contribution < 1.29 is 23.1 Å². The standard InChI is InChI=1S/C15H9F3N2O2S/c16-15(17,18)8-4-1-2-6-10(8)23-13-11-9(5-3-7-19-11)20-12(13)14(21)22/h1-7,20H,(H,21,22). The zero-order chi connectivity index (χ0) is 16.6. The normalized spacial score (nSPS) is 11.8. The van der Waals surface area contributed by atoms with Crippen molar-refractivity contribution in [2.24, 2.45) is 0 Å². The minimum absolute atomic E-state index is 0.0750. The van der Waals surface area contributed by atoms with Crippen molar-refractivity contribution in [3.8, 4) is 0 Å². The molecule has 3 aromatic rings. The molecule has 0 spiro atoms. The summed E-state index contributed by atoms with van der Waals surface area (Å²) in [5, 5.41) is 9.28. The summed E-state index contributed by atoms with van der Waals surface area (Å²) in [6, 6.07) is 8.27. The molecular weight excluding hydrogens is 329 g/mol. The molecule has 23 heavy (non-hydrogen) atoms. The molecule has 0 bridgehead atoms. The monoisotopic (exact) mass is 338 g/mol. The number of aromatic nitrogens is 2. The highest BCUT2D eigenvalue weighted by atomic mass is 32.2. The maximum Gasteiger partial charge on any atom is 0.417 e. The summed E-state index contributed by atoms with van der Waals surface area (Å²) in [5.41, 5.74) is -0.212. The van der Waals surface area contributed by atoms with Crippen LogP contribution in [0.25, 0.3) is 11.0 Å². The van der Waals surface area contributed by atoms with Crippen molar-refractivity contribution in [1.82, 2.24) is 9.97 Å². The molecule has 2 N–H and O–H groups in total. The molecule has 0 amide bonds. The Kier molecular flexibility index (Phi) is 3.77. The van der Waals surface area contributed by atoms with Gasteiger partial charge in [0, 0.05) is 11.1 Å². The molecule has 2 aromatic heterocycles. The largest absolute Gasteiger partial charge is 0.477 e. The number of H-pyrrole nitrogens is 1. The molecule has 0 radical (unpaired) electrons. The van der Waals surface area contributed by atoms with E-state index in [-0.39, 0.29) is 15.5 Å². The SMILES string of the molecule is O=C(O)c1[nH]c2cccnc2c1Sc1ccccc1C(F)(F)F. The van der Waals surface area contributed by atoms with Crippen LogP contribution in [0.4, 0.5) is 13.2 Å². The average molecular weight is 338 g/mol. The molecule has 0 aliphatic rings. The summed E-state index contributed by atoms with van der Waals surface area (Å²) in [5.74, 6) is -1.25. The molecule has 4 nitrogen and oxygen atoms in total. The van der Waals surface area contributed by atoms with E-state index in [1.165, 1.54) is 24.4 Å². The van der Waals surface area contributed by atoms with Crippen LogP contribution in [-0.2, 0) is 6.18 Å². The highest BCUT2D eigenvalue weighted by Gasteiger charge is 2.34. The topological polar surface area (TPSA) is 66.0 Å². The number of hydrogen-bond donors (Lipinski definition) is 2. The van der Waals surface area contributed by atoms with Gasteiger partial charge in [0.15, 0.2) is 0 Å². The summed E-state index contributed by atoms with van der Waals surface area (Å²) >= 11 is 0.738. The van der Waals surface area contributed by atoms with Gasteiger partial charge in [0.05, 0.1) is 16.0 Å². The molecule has 0 unspecified atom stereocenters. The Bertz CT molecular complexity index is 890. The molecule has 0 atom stereocenters. The number of nitrogens with one attached hydrogen (secondary N) is 1. The van der Waals surface area contributed by atoms with Gasteiger partial charge < -0.3 is 10.1 Å². The van der Waals surface area contributed by atoms with Crippen LogP contribution in [0.1, 0.15) is 16.1 Å². The molecule has 0 aliphatic heterocycles. The molecule has 0 saturated carbocycles. The first-order valence-electron chi connectivity index (χ1n) is 6.42. The van der Waals surface area contributed by atoms with Crippen LogP contribution in [0.3, 0.4) is 0 Å².